The van der Waals surface area contributed by atoms with Crippen LogP contribution in [0.15, 0.2) is 24.4 Å². The topological polar surface area (TPSA) is 125 Å². The van der Waals surface area contributed by atoms with E-state index in [0.717, 1.165) is 73.4 Å². The molecule has 2 fully saturated rings. The molecule has 0 spiro atoms. The van der Waals surface area contributed by atoms with Gasteiger partial charge < -0.3 is 15.1 Å². The Morgan fingerprint density at radius 3 is 2.48 bits per heavy atom. The number of aryl methyl sites for hydroxylation is 1. The van der Waals surface area contributed by atoms with Crippen LogP contribution in [0.2, 0.25) is 10.0 Å². The summed E-state index contributed by atoms with van der Waals surface area (Å²) >= 11 is 12.6. The predicted molar refractivity (Wildman–Crippen MR) is 160 cm³/mol. The van der Waals surface area contributed by atoms with Crippen molar-refractivity contribution in [2.24, 2.45) is 0 Å². The zero-order valence-electron chi connectivity index (χ0n) is 24.6. The zero-order chi connectivity index (χ0) is 32.3. The summed E-state index contributed by atoms with van der Waals surface area (Å²) in [6.45, 7) is 8.21. The number of rotatable bonds is 7. The molecule has 4 heterocycles. The summed E-state index contributed by atoms with van der Waals surface area (Å²) < 4.78 is 33.6. The van der Waals surface area contributed by atoms with Gasteiger partial charge in [0.25, 0.3) is 0 Å². The third-order valence-corrected chi connectivity index (χ3v) is 8.87. The predicted octanol–water partition coefficient (Wildman–Crippen LogP) is 6.37. The number of nitrogens with zero attached hydrogens (tertiary/aromatic N) is 6. The fourth-order valence-electron chi connectivity index (χ4n) is 6.15. The Hall–Kier alpha value is -3.16. The number of anilines is 1. The molecule has 0 bridgehead atoms. The van der Waals surface area contributed by atoms with Gasteiger partial charge in [-0.25, -0.2) is 19.4 Å². The van der Waals surface area contributed by atoms with E-state index in [1.54, 1.807) is 6.07 Å². The van der Waals surface area contributed by atoms with Gasteiger partial charge in [0.1, 0.15) is 11.3 Å². The number of likely N-dealkylation sites (tertiary alicyclic amines) is 1. The van der Waals surface area contributed by atoms with E-state index in [4.69, 9.17) is 53.3 Å². The van der Waals surface area contributed by atoms with E-state index >= 15 is 0 Å². The molecule has 10 nitrogen and oxygen atoms in total. The number of hydrogen-bond donors (Lipinski definition) is 2. The molecule has 0 radical (unpaired) electrons. The van der Waals surface area contributed by atoms with Gasteiger partial charge in [0, 0.05) is 41.1 Å². The van der Waals surface area contributed by atoms with Gasteiger partial charge in [-0.05, 0) is 77.1 Å². The molecule has 1 aromatic carbocycles. The van der Waals surface area contributed by atoms with Crippen LogP contribution in [-0.4, -0.2) is 84.2 Å². The van der Waals surface area contributed by atoms with Gasteiger partial charge in [-0.15, -0.1) is 0 Å². The third kappa shape index (κ3) is 7.73. The molecule has 0 saturated carbocycles. The van der Waals surface area contributed by atoms with Crippen LogP contribution >= 0.6 is 23.2 Å². The van der Waals surface area contributed by atoms with E-state index in [1.807, 2.05) is 29.9 Å². The first-order valence-electron chi connectivity index (χ1n) is 14.4. The number of carboxylic acids is 2. The van der Waals surface area contributed by atoms with Gasteiger partial charge in [0.2, 0.25) is 0 Å². The summed E-state index contributed by atoms with van der Waals surface area (Å²) in [5.41, 5.74) is 3.30. The van der Waals surface area contributed by atoms with Gasteiger partial charge in [0.05, 0.1) is 17.9 Å². The molecule has 44 heavy (non-hydrogen) atoms. The van der Waals surface area contributed by atoms with E-state index in [9.17, 15) is 18.0 Å². The zero-order valence-corrected chi connectivity index (χ0v) is 26.1. The monoisotopic (exact) mass is 658 g/mol. The van der Waals surface area contributed by atoms with E-state index in [2.05, 4.69) is 23.6 Å². The maximum atomic E-state index is 11.1. The standard InChI is InChI=1S/C27H34Cl2N6O2.C2HF3O2/c1-16-13-21(34-11-4-5-20(34)7-9-25(36)37)10-12-33(16)24-15-30-26-17(2)32-35(27(26)31-24)18(3)22-8-6-19(28)14-23(22)29;3-2(4,5)1(6)7/h6,8,14-16,18,20-21H,4-5,7,9-13H2,1-3H3,(H,36,37);(H,6,7)/t16-,18?,20-,21?;/m0./s1. The van der Waals surface area contributed by atoms with Gasteiger partial charge >= 0.3 is 18.1 Å². The van der Waals surface area contributed by atoms with Crippen molar-refractivity contribution >= 4 is 52.1 Å². The fourth-order valence-corrected chi connectivity index (χ4v) is 6.72. The lowest BCUT2D eigenvalue weighted by molar-refractivity contribution is -0.192. The van der Waals surface area contributed by atoms with E-state index in [-0.39, 0.29) is 12.5 Å². The number of fused-ring (bicyclic) bond motifs is 1. The number of aliphatic carboxylic acids is 2. The average molecular weight is 660 g/mol. The lowest BCUT2D eigenvalue weighted by atomic mass is 9.95. The highest BCUT2D eigenvalue weighted by Gasteiger charge is 2.38. The molecular weight excluding hydrogens is 624 g/mol. The number of hydrogen-bond acceptors (Lipinski definition) is 7. The normalized spacial score (nSPS) is 21.6. The Bertz CT molecular complexity index is 1500. The lowest BCUT2D eigenvalue weighted by Crippen LogP contribution is -2.50. The first-order chi connectivity index (χ1) is 20.7. The van der Waals surface area contributed by atoms with E-state index in [0.29, 0.717) is 28.2 Å². The smallest absolute Gasteiger partial charge is 0.481 e. The Morgan fingerprint density at radius 1 is 1.16 bits per heavy atom. The number of aromatic nitrogens is 4. The van der Waals surface area contributed by atoms with Crippen molar-refractivity contribution in [3.8, 4) is 0 Å². The molecule has 4 atom stereocenters. The molecule has 5 rings (SSSR count). The Kier molecular flexibility index (Phi) is 10.6. The molecule has 15 heteroatoms. The van der Waals surface area contributed by atoms with Crippen molar-refractivity contribution in [1.82, 2.24) is 24.6 Å². The minimum atomic E-state index is -5.08. The number of benzene rings is 1. The van der Waals surface area contributed by atoms with Crippen LogP contribution in [0, 0.1) is 6.92 Å². The molecule has 0 amide bonds. The van der Waals surface area contributed by atoms with Crippen LogP contribution in [0.1, 0.15) is 69.7 Å². The average Bonchev–Trinajstić information content (AvgIpc) is 3.55. The summed E-state index contributed by atoms with van der Waals surface area (Å²) in [6, 6.07) is 6.55. The quantitative estimate of drug-likeness (QED) is 0.298. The minimum absolute atomic E-state index is 0.133. The summed E-state index contributed by atoms with van der Waals surface area (Å²) in [5, 5.41) is 22.2. The highest BCUT2D eigenvalue weighted by atomic mass is 35.5. The first-order valence-corrected chi connectivity index (χ1v) is 15.1. The molecule has 3 aromatic rings. The Morgan fingerprint density at radius 2 is 1.86 bits per heavy atom. The molecule has 2 N–H and O–H groups in total. The van der Waals surface area contributed by atoms with Crippen molar-refractivity contribution in [3.05, 3.63) is 45.7 Å². The summed E-state index contributed by atoms with van der Waals surface area (Å²) in [7, 11) is 0. The van der Waals surface area contributed by atoms with Crippen molar-refractivity contribution in [2.75, 3.05) is 18.0 Å². The van der Waals surface area contributed by atoms with Crippen LogP contribution in [0.25, 0.3) is 11.2 Å². The second-order valence-corrected chi connectivity index (χ2v) is 12.1. The summed E-state index contributed by atoms with van der Waals surface area (Å²) in [6.07, 6.45) is 2.08. The molecule has 2 aliphatic rings. The number of carboxylic acid groups (broad SMARTS) is 2. The Balaban J connectivity index is 0.000000566. The molecule has 2 aliphatic heterocycles. The molecule has 240 valence electrons. The van der Waals surface area contributed by atoms with E-state index in [1.165, 1.54) is 0 Å². The van der Waals surface area contributed by atoms with Crippen LogP contribution in [0.3, 0.4) is 0 Å². The molecule has 2 unspecified atom stereocenters. The minimum Gasteiger partial charge on any atom is -0.481 e. The molecule has 2 saturated heterocycles. The van der Waals surface area contributed by atoms with Crippen molar-refractivity contribution in [3.63, 3.8) is 0 Å². The van der Waals surface area contributed by atoms with Crippen molar-refractivity contribution in [2.45, 2.75) is 89.6 Å². The van der Waals surface area contributed by atoms with Gasteiger partial charge in [0.15, 0.2) is 5.65 Å². The summed E-state index contributed by atoms with van der Waals surface area (Å²) in [4.78, 5) is 34.7. The van der Waals surface area contributed by atoms with Crippen LogP contribution in [0.5, 0.6) is 0 Å². The van der Waals surface area contributed by atoms with Crippen LogP contribution < -0.4 is 4.90 Å². The number of alkyl halides is 3. The second-order valence-electron chi connectivity index (χ2n) is 11.3. The Labute approximate surface area is 262 Å². The SMILES string of the molecule is Cc1nn(C(C)c2ccc(Cl)cc2Cl)c2nc(N3CCC(N4CCC[C@H]4CCC(=O)O)C[C@@H]3C)cnc12.O=C(O)C(F)(F)F. The molecule has 0 aliphatic carbocycles. The highest BCUT2D eigenvalue weighted by molar-refractivity contribution is 6.35. The highest BCUT2D eigenvalue weighted by Crippen LogP contribution is 2.34. The fraction of sp³-hybridized carbons (Fsp3) is 0.552. The second kappa shape index (κ2) is 13.9. The van der Waals surface area contributed by atoms with Crippen LogP contribution in [0.4, 0.5) is 19.0 Å². The summed E-state index contributed by atoms with van der Waals surface area (Å²) in [5.74, 6) is -2.60. The van der Waals surface area contributed by atoms with Gasteiger partial charge in [-0.3, -0.25) is 9.69 Å². The number of carbonyl (C=O) groups is 2. The maximum absolute atomic E-state index is 11.1. The number of piperidine rings is 1. The van der Waals surface area contributed by atoms with E-state index < -0.39 is 18.1 Å². The maximum Gasteiger partial charge on any atom is 0.490 e. The molecular formula is C29H35Cl2F3N6O4. The molecule has 2 aromatic heterocycles. The largest absolute Gasteiger partial charge is 0.490 e. The van der Waals surface area contributed by atoms with Crippen LogP contribution in [-0.2, 0) is 9.59 Å². The third-order valence-electron chi connectivity index (χ3n) is 8.31. The van der Waals surface area contributed by atoms with Gasteiger partial charge in [-0.2, -0.15) is 18.3 Å². The number of halogens is 5. The lowest BCUT2D eigenvalue weighted by Gasteiger charge is -2.43. The van der Waals surface area contributed by atoms with Gasteiger partial charge in [-0.1, -0.05) is 29.3 Å². The first kappa shape index (κ1) is 33.7. The van der Waals surface area contributed by atoms with Crippen molar-refractivity contribution < 1.29 is 33.0 Å². The van der Waals surface area contributed by atoms with Crippen molar-refractivity contribution in [1.29, 1.82) is 0 Å².